The Morgan fingerprint density at radius 1 is 0.909 bits per heavy atom. The monoisotopic (exact) mass is 442 g/mol. The molecule has 33 heavy (non-hydrogen) atoms. The third-order valence-electron chi connectivity index (χ3n) is 5.27. The number of ether oxygens (including phenoxy) is 1. The second-order valence-corrected chi connectivity index (χ2v) is 7.44. The van der Waals surface area contributed by atoms with Gasteiger partial charge in [0.15, 0.2) is 0 Å². The summed E-state index contributed by atoms with van der Waals surface area (Å²) in [6, 6.07) is 21.4. The maximum atomic E-state index is 13.3. The summed E-state index contributed by atoms with van der Waals surface area (Å²) in [5.74, 6) is -0.161. The highest BCUT2D eigenvalue weighted by molar-refractivity contribution is 5.99. The molecule has 0 bridgehead atoms. The van der Waals surface area contributed by atoms with Crippen molar-refractivity contribution in [3.05, 3.63) is 94.4 Å². The Morgan fingerprint density at radius 3 is 2.12 bits per heavy atom. The van der Waals surface area contributed by atoms with Crippen LogP contribution in [0.25, 0.3) is 5.69 Å². The van der Waals surface area contributed by atoms with Gasteiger partial charge < -0.3 is 15.8 Å². The van der Waals surface area contributed by atoms with E-state index in [9.17, 15) is 14.4 Å². The predicted molar refractivity (Wildman–Crippen MR) is 118 cm³/mol. The van der Waals surface area contributed by atoms with Crippen LogP contribution in [0.15, 0.2) is 77.6 Å². The van der Waals surface area contributed by atoms with Gasteiger partial charge >= 0.3 is 5.69 Å². The van der Waals surface area contributed by atoms with Gasteiger partial charge in [0.1, 0.15) is 18.0 Å². The number of tetrazole rings is 1. The minimum atomic E-state index is -0.696. The number of anilines is 1. The number of nitrogens with two attached hydrogens (primary N) is 1. The lowest BCUT2D eigenvalue weighted by Gasteiger charge is -2.27. The summed E-state index contributed by atoms with van der Waals surface area (Å²) >= 11 is 0. The third kappa shape index (κ3) is 3.74. The van der Waals surface area contributed by atoms with Crippen molar-refractivity contribution >= 4 is 17.5 Å². The summed E-state index contributed by atoms with van der Waals surface area (Å²) < 4.78 is 7.87. The zero-order chi connectivity index (χ0) is 22.9. The van der Waals surface area contributed by atoms with Crippen molar-refractivity contribution in [1.82, 2.24) is 19.8 Å². The van der Waals surface area contributed by atoms with Crippen LogP contribution in [0, 0.1) is 0 Å². The van der Waals surface area contributed by atoms with Crippen LogP contribution in [0.5, 0.6) is 11.5 Å². The molecule has 0 unspecified atom stereocenters. The number of hydrogen-bond donors (Lipinski definition) is 2. The van der Waals surface area contributed by atoms with E-state index in [0.717, 1.165) is 20.5 Å². The number of primary amides is 1. The second kappa shape index (κ2) is 8.08. The number of rotatable bonds is 5. The van der Waals surface area contributed by atoms with E-state index >= 15 is 0 Å². The van der Waals surface area contributed by atoms with Gasteiger partial charge in [-0.15, -0.1) is 0 Å². The molecule has 4 aromatic rings. The van der Waals surface area contributed by atoms with Crippen LogP contribution in [-0.4, -0.2) is 31.6 Å². The lowest BCUT2D eigenvalue weighted by Crippen LogP contribution is -2.30. The molecule has 3 aromatic carbocycles. The standard InChI is InChI=1S/C23H18N6O4/c24-20(30)13-28-23(32)29(27-26-28)15-11-9-14(10-12-15)25-22(31)21-16-5-1-3-7-18(16)33-19-8-4-2-6-17(19)21/h1-12,21H,13H2,(H2,24,30)(H,25,31). The van der Waals surface area contributed by atoms with Gasteiger partial charge in [0.2, 0.25) is 11.8 Å². The first kappa shape index (κ1) is 20.2. The third-order valence-corrected chi connectivity index (χ3v) is 5.27. The van der Waals surface area contributed by atoms with Crippen LogP contribution in [0.4, 0.5) is 5.69 Å². The maximum Gasteiger partial charge on any atom is 0.368 e. The van der Waals surface area contributed by atoms with E-state index < -0.39 is 17.5 Å². The van der Waals surface area contributed by atoms with Crippen LogP contribution in [-0.2, 0) is 16.1 Å². The lowest BCUT2D eigenvalue weighted by atomic mass is 9.87. The molecule has 10 heteroatoms. The molecule has 0 atom stereocenters. The molecule has 0 aliphatic carbocycles. The van der Waals surface area contributed by atoms with Gasteiger partial charge in [-0.05, 0) is 46.8 Å². The molecule has 1 aliphatic heterocycles. The Kier molecular flexibility index (Phi) is 4.94. The first-order valence-electron chi connectivity index (χ1n) is 10.1. The topological polar surface area (TPSA) is 134 Å². The Balaban J connectivity index is 1.40. The van der Waals surface area contributed by atoms with E-state index in [4.69, 9.17) is 10.5 Å². The first-order valence-corrected chi connectivity index (χ1v) is 10.1. The molecule has 3 N–H and O–H groups in total. The van der Waals surface area contributed by atoms with Crippen LogP contribution in [0.2, 0.25) is 0 Å². The quantitative estimate of drug-likeness (QED) is 0.484. The first-order chi connectivity index (χ1) is 16.0. The fourth-order valence-corrected chi connectivity index (χ4v) is 3.78. The van der Waals surface area contributed by atoms with Crippen molar-refractivity contribution in [1.29, 1.82) is 0 Å². The molecule has 0 saturated carbocycles. The predicted octanol–water partition coefficient (Wildman–Crippen LogP) is 1.79. The van der Waals surface area contributed by atoms with E-state index in [1.165, 1.54) is 0 Å². The second-order valence-electron chi connectivity index (χ2n) is 7.44. The molecule has 0 fully saturated rings. The van der Waals surface area contributed by atoms with Gasteiger partial charge in [-0.2, -0.15) is 9.36 Å². The average molecular weight is 442 g/mol. The van der Waals surface area contributed by atoms with Crippen molar-refractivity contribution in [2.45, 2.75) is 12.5 Å². The summed E-state index contributed by atoms with van der Waals surface area (Å²) in [6.07, 6.45) is 0. The fourth-order valence-electron chi connectivity index (χ4n) is 3.78. The number of nitrogens with zero attached hydrogens (tertiary/aromatic N) is 4. The number of hydrogen-bond acceptors (Lipinski definition) is 6. The Morgan fingerprint density at radius 2 is 1.52 bits per heavy atom. The summed E-state index contributed by atoms with van der Waals surface area (Å²) in [6.45, 7) is -0.360. The zero-order valence-electron chi connectivity index (χ0n) is 17.2. The van der Waals surface area contributed by atoms with E-state index in [1.54, 1.807) is 24.3 Å². The van der Waals surface area contributed by atoms with Crippen molar-refractivity contribution in [2.75, 3.05) is 5.32 Å². The van der Waals surface area contributed by atoms with Gasteiger partial charge in [-0.1, -0.05) is 36.4 Å². The van der Waals surface area contributed by atoms with Gasteiger partial charge in [-0.25, -0.2) is 4.79 Å². The molecular weight excluding hydrogens is 424 g/mol. The molecule has 0 saturated heterocycles. The van der Waals surface area contributed by atoms with Crippen LogP contribution >= 0.6 is 0 Å². The number of amides is 2. The van der Waals surface area contributed by atoms with Crippen LogP contribution < -0.4 is 21.5 Å². The minimum Gasteiger partial charge on any atom is -0.457 e. The van der Waals surface area contributed by atoms with Gasteiger partial charge in [0.05, 0.1) is 11.6 Å². The van der Waals surface area contributed by atoms with Gasteiger partial charge in [-0.3, -0.25) is 9.59 Å². The Hall–Kier alpha value is -4.73. The number of carbonyl (C=O) groups is 2. The Bertz CT molecular complexity index is 1380. The fraction of sp³-hybridized carbons (Fsp3) is 0.0870. The summed E-state index contributed by atoms with van der Waals surface area (Å²) in [5, 5.41) is 10.3. The van der Waals surface area contributed by atoms with Gasteiger partial charge in [0.25, 0.3) is 0 Å². The molecule has 164 valence electrons. The highest BCUT2D eigenvalue weighted by atomic mass is 16.5. The molecule has 1 aromatic heterocycles. The number of benzene rings is 3. The van der Waals surface area contributed by atoms with E-state index in [0.29, 0.717) is 22.9 Å². The lowest BCUT2D eigenvalue weighted by molar-refractivity contribution is -0.119. The molecule has 2 amide bonds. The average Bonchev–Trinajstić information content (AvgIpc) is 3.17. The SMILES string of the molecule is NC(=O)Cn1nnn(-c2ccc(NC(=O)C3c4ccccc4Oc4ccccc43)cc2)c1=O. The highest BCUT2D eigenvalue weighted by Crippen LogP contribution is 2.44. The van der Waals surface area contributed by atoms with Crippen molar-refractivity contribution in [3.63, 3.8) is 0 Å². The number of para-hydroxylation sites is 2. The minimum absolute atomic E-state index is 0.212. The smallest absolute Gasteiger partial charge is 0.368 e. The van der Waals surface area contributed by atoms with Crippen molar-refractivity contribution in [3.8, 4) is 17.2 Å². The van der Waals surface area contributed by atoms with Crippen molar-refractivity contribution in [2.24, 2.45) is 5.73 Å². The summed E-state index contributed by atoms with van der Waals surface area (Å²) in [5.41, 5.74) is 7.04. The van der Waals surface area contributed by atoms with Gasteiger partial charge in [0, 0.05) is 16.8 Å². The van der Waals surface area contributed by atoms with Crippen LogP contribution in [0.1, 0.15) is 17.0 Å². The number of nitrogens with one attached hydrogen (secondary N) is 1. The van der Waals surface area contributed by atoms with E-state index in [1.807, 2.05) is 48.5 Å². The Labute approximate surface area is 187 Å². The zero-order valence-corrected chi connectivity index (χ0v) is 17.2. The van der Waals surface area contributed by atoms with E-state index in [2.05, 4.69) is 15.7 Å². The summed E-state index contributed by atoms with van der Waals surface area (Å²) in [4.78, 5) is 36.7. The highest BCUT2D eigenvalue weighted by Gasteiger charge is 2.32. The molecule has 1 aliphatic rings. The molecular formula is C23H18N6O4. The van der Waals surface area contributed by atoms with E-state index in [-0.39, 0.29) is 12.5 Å². The molecule has 0 radical (unpaired) electrons. The molecule has 5 rings (SSSR count). The van der Waals surface area contributed by atoms with Crippen LogP contribution in [0.3, 0.4) is 0 Å². The molecule has 2 heterocycles. The maximum absolute atomic E-state index is 13.3. The normalized spacial score (nSPS) is 12.4. The largest absolute Gasteiger partial charge is 0.457 e. The molecule has 10 nitrogen and oxygen atoms in total. The van der Waals surface area contributed by atoms with Crippen molar-refractivity contribution < 1.29 is 14.3 Å². The number of carbonyl (C=O) groups excluding carboxylic acids is 2. The number of aromatic nitrogens is 4. The number of fused-ring (bicyclic) bond motifs is 2. The molecule has 0 spiro atoms. The summed E-state index contributed by atoms with van der Waals surface area (Å²) in [7, 11) is 0.